The molecule has 2 heteroatoms. The van der Waals surface area contributed by atoms with Gasteiger partial charge in [0.2, 0.25) is 0 Å². The molecule has 47 heavy (non-hydrogen) atoms. The van der Waals surface area contributed by atoms with E-state index in [9.17, 15) is 0 Å². The molecule has 2 aromatic heterocycles. The highest BCUT2D eigenvalue weighted by atomic mass is 15.0. The molecule has 0 saturated heterocycles. The van der Waals surface area contributed by atoms with Crippen LogP contribution in [0.5, 0.6) is 0 Å². The number of aromatic nitrogens is 2. The van der Waals surface area contributed by atoms with Crippen LogP contribution in [0.4, 0.5) is 0 Å². The van der Waals surface area contributed by atoms with Crippen molar-refractivity contribution < 1.29 is 0 Å². The summed E-state index contributed by atoms with van der Waals surface area (Å²) in [6.07, 6.45) is 0. The van der Waals surface area contributed by atoms with Crippen LogP contribution in [0.3, 0.4) is 0 Å². The fourth-order valence-electron chi connectivity index (χ4n) is 8.25. The zero-order valence-corrected chi connectivity index (χ0v) is 26.4. The van der Waals surface area contributed by atoms with Gasteiger partial charge in [-0.1, -0.05) is 117 Å². The van der Waals surface area contributed by atoms with Gasteiger partial charge < -0.3 is 9.13 Å². The number of benzene rings is 7. The van der Waals surface area contributed by atoms with Crippen molar-refractivity contribution in [2.45, 2.75) is 19.3 Å². The van der Waals surface area contributed by atoms with Crippen LogP contribution in [0, 0.1) is 0 Å². The Morgan fingerprint density at radius 3 is 1.66 bits per heavy atom. The first-order valence-corrected chi connectivity index (χ1v) is 16.4. The minimum atomic E-state index is -0.0495. The van der Waals surface area contributed by atoms with Crippen molar-refractivity contribution in [2.24, 2.45) is 0 Å². The summed E-state index contributed by atoms with van der Waals surface area (Å²) < 4.78 is 4.84. The predicted octanol–water partition coefficient (Wildman–Crippen LogP) is 11.9. The molecule has 222 valence electrons. The molecule has 0 saturated carbocycles. The first-order chi connectivity index (χ1) is 23.1. The van der Waals surface area contributed by atoms with Crippen LogP contribution >= 0.6 is 0 Å². The number of nitrogens with zero attached hydrogens (tertiary/aromatic N) is 2. The Balaban J connectivity index is 1.13. The van der Waals surface area contributed by atoms with Crippen LogP contribution in [0.1, 0.15) is 25.0 Å². The highest BCUT2D eigenvalue weighted by Crippen LogP contribution is 2.51. The van der Waals surface area contributed by atoms with E-state index in [2.05, 4.69) is 181 Å². The molecule has 10 rings (SSSR count). The van der Waals surface area contributed by atoms with Gasteiger partial charge in [0.15, 0.2) is 0 Å². The van der Waals surface area contributed by atoms with Crippen LogP contribution in [-0.2, 0) is 5.41 Å². The van der Waals surface area contributed by atoms with Crippen LogP contribution in [0.2, 0.25) is 0 Å². The van der Waals surface area contributed by atoms with E-state index >= 15 is 0 Å². The van der Waals surface area contributed by atoms with E-state index in [0.29, 0.717) is 0 Å². The Kier molecular flexibility index (Phi) is 5.37. The third-order valence-corrected chi connectivity index (χ3v) is 10.5. The molecule has 0 fully saturated rings. The number of rotatable bonds is 3. The summed E-state index contributed by atoms with van der Waals surface area (Å²) in [6.45, 7) is 4.72. The van der Waals surface area contributed by atoms with Gasteiger partial charge in [-0.15, -0.1) is 0 Å². The highest BCUT2D eigenvalue weighted by molar-refractivity contribution is 6.12. The first kappa shape index (κ1) is 26.4. The summed E-state index contributed by atoms with van der Waals surface area (Å²) in [6, 6.07) is 58.0. The second-order valence-electron chi connectivity index (χ2n) is 13.4. The van der Waals surface area contributed by atoms with Crippen molar-refractivity contribution in [3.05, 3.63) is 169 Å². The third kappa shape index (κ3) is 3.67. The molecule has 7 aromatic carbocycles. The van der Waals surface area contributed by atoms with Gasteiger partial charge in [-0.05, 0) is 88.0 Å². The Morgan fingerprint density at radius 2 is 0.915 bits per heavy atom. The topological polar surface area (TPSA) is 9.86 Å². The van der Waals surface area contributed by atoms with Crippen molar-refractivity contribution in [3.63, 3.8) is 0 Å². The fraction of sp³-hybridized carbons (Fsp3) is 0.0667. The minimum Gasteiger partial charge on any atom is -0.309 e. The fourth-order valence-corrected chi connectivity index (χ4v) is 8.25. The molecule has 0 N–H and O–H groups in total. The van der Waals surface area contributed by atoms with Crippen LogP contribution < -0.4 is 0 Å². The second kappa shape index (κ2) is 9.57. The van der Waals surface area contributed by atoms with Gasteiger partial charge in [0.05, 0.1) is 22.1 Å². The number of hydrogen-bond acceptors (Lipinski definition) is 0. The third-order valence-electron chi connectivity index (χ3n) is 10.5. The Morgan fingerprint density at radius 1 is 0.362 bits per heavy atom. The molecule has 0 atom stereocenters. The van der Waals surface area contributed by atoms with E-state index < -0.39 is 0 Å². The SMILES string of the molecule is CC1(C)c2ccccc2-c2cc3c4ccccc4n(-c4ccc(-c5ccc6c7ccccc7n(-c7ccccc7)c6c5)cc4)c3cc21. The van der Waals surface area contributed by atoms with Crippen LogP contribution in [0.25, 0.3) is 77.2 Å². The van der Waals surface area contributed by atoms with Crippen LogP contribution in [0.15, 0.2) is 158 Å². The van der Waals surface area contributed by atoms with Gasteiger partial charge in [0.1, 0.15) is 0 Å². The summed E-state index contributed by atoms with van der Waals surface area (Å²) in [5.74, 6) is 0. The minimum absolute atomic E-state index is 0.0495. The quantitative estimate of drug-likeness (QED) is 0.191. The molecule has 1 aliphatic carbocycles. The summed E-state index contributed by atoms with van der Waals surface area (Å²) in [7, 11) is 0. The maximum atomic E-state index is 2.45. The van der Waals surface area contributed by atoms with Crippen molar-refractivity contribution in [1.82, 2.24) is 9.13 Å². The lowest BCUT2D eigenvalue weighted by Gasteiger charge is -2.21. The van der Waals surface area contributed by atoms with Crippen molar-refractivity contribution in [1.29, 1.82) is 0 Å². The largest absolute Gasteiger partial charge is 0.309 e. The van der Waals surface area contributed by atoms with Gasteiger partial charge in [-0.3, -0.25) is 0 Å². The zero-order valence-electron chi connectivity index (χ0n) is 26.4. The molecule has 9 aromatic rings. The van der Waals surface area contributed by atoms with Crippen molar-refractivity contribution in [3.8, 4) is 33.6 Å². The molecule has 1 aliphatic rings. The van der Waals surface area contributed by atoms with E-state index in [-0.39, 0.29) is 5.41 Å². The summed E-state index contributed by atoms with van der Waals surface area (Å²) in [5.41, 5.74) is 15.2. The molecule has 0 spiro atoms. The van der Waals surface area contributed by atoms with E-state index in [1.165, 1.54) is 88.4 Å². The van der Waals surface area contributed by atoms with E-state index in [4.69, 9.17) is 0 Å². The number of hydrogen-bond donors (Lipinski definition) is 0. The maximum Gasteiger partial charge on any atom is 0.0547 e. The zero-order chi connectivity index (χ0) is 31.3. The molecular weight excluding hydrogens is 569 g/mol. The van der Waals surface area contributed by atoms with E-state index in [0.717, 1.165) is 0 Å². The van der Waals surface area contributed by atoms with Gasteiger partial charge >= 0.3 is 0 Å². The predicted molar refractivity (Wildman–Crippen MR) is 198 cm³/mol. The van der Waals surface area contributed by atoms with Crippen molar-refractivity contribution in [2.75, 3.05) is 0 Å². The summed E-state index contributed by atoms with van der Waals surface area (Å²) >= 11 is 0. The molecule has 0 unspecified atom stereocenters. The highest BCUT2D eigenvalue weighted by Gasteiger charge is 2.36. The summed E-state index contributed by atoms with van der Waals surface area (Å²) in [5, 5.41) is 5.14. The first-order valence-electron chi connectivity index (χ1n) is 16.4. The molecule has 0 radical (unpaired) electrons. The monoisotopic (exact) mass is 600 g/mol. The van der Waals surface area contributed by atoms with Gasteiger partial charge in [0.25, 0.3) is 0 Å². The van der Waals surface area contributed by atoms with Crippen LogP contribution in [-0.4, -0.2) is 9.13 Å². The normalized spacial score (nSPS) is 13.5. The van der Waals surface area contributed by atoms with Gasteiger partial charge in [0, 0.05) is 38.3 Å². The second-order valence-corrected chi connectivity index (χ2v) is 13.4. The van der Waals surface area contributed by atoms with Gasteiger partial charge in [-0.25, -0.2) is 0 Å². The molecule has 2 nitrogen and oxygen atoms in total. The van der Waals surface area contributed by atoms with Crippen molar-refractivity contribution >= 4 is 43.6 Å². The van der Waals surface area contributed by atoms with E-state index in [1.54, 1.807) is 0 Å². The molecule has 0 aliphatic heterocycles. The lowest BCUT2D eigenvalue weighted by Crippen LogP contribution is -2.14. The number of fused-ring (bicyclic) bond motifs is 9. The van der Waals surface area contributed by atoms with Gasteiger partial charge in [-0.2, -0.15) is 0 Å². The smallest absolute Gasteiger partial charge is 0.0547 e. The Hall–Kier alpha value is -5.86. The lowest BCUT2D eigenvalue weighted by atomic mass is 9.82. The average Bonchev–Trinajstić information content (AvgIpc) is 3.71. The standard InChI is InChI=1S/C45H32N2/c1-45(2)39-17-9-6-14-33(39)37-27-38-35-16-8-11-19-42(35)47(44(38)28-40(37)45)32-23-20-29(21-24-32)30-22-25-36-34-15-7-10-18-41(34)46(43(36)26-30)31-12-4-3-5-13-31/h3-28H,1-2H3. The molecule has 0 amide bonds. The maximum absolute atomic E-state index is 2.45. The van der Waals surface area contributed by atoms with E-state index in [1.807, 2.05) is 0 Å². The molecular formula is C45H32N2. The average molecular weight is 601 g/mol. The molecule has 2 heterocycles. The summed E-state index contributed by atoms with van der Waals surface area (Å²) in [4.78, 5) is 0. The lowest BCUT2D eigenvalue weighted by molar-refractivity contribution is 0.661. The Bertz CT molecular complexity index is 2680. The Labute approximate surface area is 273 Å². The number of para-hydroxylation sites is 3. The molecule has 0 bridgehead atoms.